The van der Waals surface area contributed by atoms with E-state index in [2.05, 4.69) is 5.32 Å². The Balaban J connectivity index is 2.25. The van der Waals surface area contributed by atoms with Crippen LogP contribution in [0.15, 0.2) is 68.6 Å². The Kier molecular flexibility index (Phi) is 6.02. The maximum absolute atomic E-state index is 13.2. The predicted octanol–water partition coefficient (Wildman–Crippen LogP) is 4.09. The molecule has 0 atom stereocenters. The molecule has 0 radical (unpaired) electrons. The fourth-order valence-electron chi connectivity index (χ4n) is 2.80. The molecular formula is C20H21NO5S3. The van der Waals surface area contributed by atoms with E-state index in [-0.39, 0.29) is 14.0 Å². The van der Waals surface area contributed by atoms with Gasteiger partial charge in [0.2, 0.25) is 9.84 Å². The van der Waals surface area contributed by atoms with E-state index in [1.807, 2.05) is 6.92 Å². The van der Waals surface area contributed by atoms with E-state index >= 15 is 0 Å². The fourth-order valence-corrected chi connectivity index (χ4v) is 6.19. The minimum atomic E-state index is -3.89. The molecule has 9 heteroatoms. The quantitative estimate of drug-likeness (QED) is 0.582. The topological polar surface area (TPSA) is 89.5 Å². The number of hydrogen-bond acceptors (Lipinski definition) is 7. The zero-order valence-electron chi connectivity index (χ0n) is 16.2. The standard InChI is InChI=1S/C20H21NO5S3/c1-4-26-18-8-6-5-7-17(18)14-11-15(28(3,22)23)13-16(12-14)29(24,25)20-10-9-19(21-2)27-20/h5-13,21H,4H2,1-3H3. The molecule has 1 heterocycles. The van der Waals surface area contributed by atoms with Crippen LogP contribution in [-0.4, -0.2) is 36.7 Å². The third-order valence-electron chi connectivity index (χ3n) is 4.21. The summed E-state index contributed by atoms with van der Waals surface area (Å²) in [6.45, 7) is 2.27. The second-order valence-electron chi connectivity index (χ2n) is 6.27. The van der Waals surface area contributed by atoms with Crippen LogP contribution in [0.3, 0.4) is 0 Å². The first-order chi connectivity index (χ1) is 13.7. The van der Waals surface area contributed by atoms with Crippen LogP contribution in [0, 0.1) is 0 Å². The molecular weight excluding hydrogens is 430 g/mol. The molecule has 0 saturated carbocycles. The molecule has 0 saturated heterocycles. The van der Waals surface area contributed by atoms with Crippen LogP contribution in [0.1, 0.15) is 6.92 Å². The van der Waals surface area contributed by atoms with Gasteiger partial charge in [-0.25, -0.2) is 16.8 Å². The highest BCUT2D eigenvalue weighted by molar-refractivity contribution is 7.93. The number of sulfone groups is 2. The molecule has 0 fully saturated rings. The highest BCUT2D eigenvalue weighted by Gasteiger charge is 2.24. The average molecular weight is 452 g/mol. The summed E-state index contributed by atoms with van der Waals surface area (Å²) in [6, 6.07) is 14.5. The summed E-state index contributed by atoms with van der Waals surface area (Å²) in [5.74, 6) is 0.553. The molecule has 3 rings (SSSR count). The molecule has 0 amide bonds. The zero-order chi connectivity index (χ0) is 21.2. The Hall–Kier alpha value is -2.36. The third-order valence-corrected chi connectivity index (χ3v) is 8.63. The first-order valence-corrected chi connectivity index (χ1v) is 13.0. The van der Waals surface area contributed by atoms with Crippen molar-refractivity contribution >= 4 is 36.0 Å². The van der Waals surface area contributed by atoms with Crippen molar-refractivity contribution in [2.45, 2.75) is 20.9 Å². The van der Waals surface area contributed by atoms with Crippen molar-refractivity contribution in [1.82, 2.24) is 0 Å². The Labute approximate surface area is 175 Å². The number of rotatable bonds is 7. The van der Waals surface area contributed by atoms with Crippen LogP contribution >= 0.6 is 11.3 Å². The Morgan fingerprint density at radius 1 is 0.966 bits per heavy atom. The van der Waals surface area contributed by atoms with Crippen molar-refractivity contribution < 1.29 is 21.6 Å². The molecule has 0 aliphatic rings. The number of hydrogen-bond donors (Lipinski definition) is 1. The first-order valence-electron chi connectivity index (χ1n) is 8.77. The average Bonchev–Trinajstić information content (AvgIpc) is 3.18. The van der Waals surface area contributed by atoms with Crippen molar-refractivity contribution in [2.24, 2.45) is 0 Å². The summed E-state index contributed by atoms with van der Waals surface area (Å²) < 4.78 is 56.7. The van der Waals surface area contributed by atoms with Gasteiger partial charge in [0.1, 0.15) is 9.96 Å². The Morgan fingerprint density at radius 2 is 1.66 bits per heavy atom. The maximum atomic E-state index is 13.2. The third kappa shape index (κ3) is 4.47. The number of para-hydroxylation sites is 1. The van der Waals surface area contributed by atoms with Gasteiger partial charge in [-0.15, -0.1) is 11.3 Å². The van der Waals surface area contributed by atoms with Crippen molar-refractivity contribution in [3.8, 4) is 16.9 Å². The molecule has 6 nitrogen and oxygen atoms in total. The highest BCUT2D eigenvalue weighted by atomic mass is 32.2. The van der Waals surface area contributed by atoms with E-state index < -0.39 is 19.7 Å². The molecule has 0 spiro atoms. The molecule has 2 aromatic carbocycles. The van der Waals surface area contributed by atoms with Gasteiger partial charge in [-0.2, -0.15) is 0 Å². The number of ether oxygens (including phenoxy) is 1. The van der Waals surface area contributed by atoms with Gasteiger partial charge in [-0.3, -0.25) is 0 Å². The number of anilines is 1. The van der Waals surface area contributed by atoms with Crippen LogP contribution in [0.2, 0.25) is 0 Å². The first kappa shape index (κ1) is 21.4. The van der Waals surface area contributed by atoms with Crippen LogP contribution in [-0.2, 0) is 19.7 Å². The van der Waals surface area contributed by atoms with E-state index in [9.17, 15) is 16.8 Å². The lowest BCUT2D eigenvalue weighted by Gasteiger charge is -2.13. The predicted molar refractivity (Wildman–Crippen MR) is 115 cm³/mol. The Bertz CT molecular complexity index is 1240. The van der Waals surface area contributed by atoms with Crippen molar-refractivity contribution in [2.75, 3.05) is 25.2 Å². The summed E-state index contributed by atoms with van der Waals surface area (Å²) in [4.78, 5) is -0.142. The highest BCUT2D eigenvalue weighted by Crippen LogP contribution is 2.36. The molecule has 1 aromatic heterocycles. The van der Waals surface area contributed by atoms with E-state index in [0.29, 0.717) is 28.5 Å². The fraction of sp³-hybridized carbons (Fsp3) is 0.200. The SMILES string of the molecule is CCOc1ccccc1-c1cc(S(C)(=O)=O)cc(S(=O)(=O)c2ccc(NC)s2)c1. The van der Waals surface area contributed by atoms with Crippen LogP contribution in [0.25, 0.3) is 11.1 Å². The minimum absolute atomic E-state index is 0.0646. The minimum Gasteiger partial charge on any atom is -0.493 e. The molecule has 29 heavy (non-hydrogen) atoms. The molecule has 0 unspecified atom stereocenters. The van der Waals surface area contributed by atoms with Crippen molar-refractivity contribution in [3.63, 3.8) is 0 Å². The summed E-state index contributed by atoms with van der Waals surface area (Å²) >= 11 is 1.09. The summed E-state index contributed by atoms with van der Waals surface area (Å²) in [6.07, 6.45) is 1.06. The van der Waals surface area contributed by atoms with Crippen molar-refractivity contribution in [3.05, 3.63) is 54.6 Å². The molecule has 1 N–H and O–H groups in total. The normalized spacial score (nSPS) is 12.0. The Morgan fingerprint density at radius 3 is 2.28 bits per heavy atom. The second-order valence-corrected chi connectivity index (χ2v) is 11.5. The van der Waals surface area contributed by atoms with E-state index in [1.165, 1.54) is 24.3 Å². The van der Waals surface area contributed by atoms with Crippen LogP contribution < -0.4 is 10.1 Å². The van der Waals surface area contributed by atoms with Crippen LogP contribution in [0.5, 0.6) is 5.75 Å². The number of benzene rings is 2. The summed E-state index contributed by atoms with van der Waals surface area (Å²) in [5.41, 5.74) is 1.08. The lowest BCUT2D eigenvalue weighted by Crippen LogP contribution is -2.05. The number of nitrogens with one attached hydrogen (secondary N) is 1. The van der Waals surface area contributed by atoms with E-state index in [4.69, 9.17) is 4.74 Å². The molecule has 0 aliphatic carbocycles. The largest absolute Gasteiger partial charge is 0.493 e. The van der Waals surface area contributed by atoms with Gasteiger partial charge in [-0.05, 0) is 48.9 Å². The summed E-state index contributed by atoms with van der Waals surface area (Å²) in [7, 11) is -5.83. The molecule has 0 aliphatic heterocycles. The second kappa shape index (κ2) is 8.17. The van der Waals surface area contributed by atoms with Gasteiger partial charge in [0.25, 0.3) is 0 Å². The lowest BCUT2D eigenvalue weighted by molar-refractivity contribution is 0.341. The van der Waals surface area contributed by atoms with E-state index in [0.717, 1.165) is 17.6 Å². The zero-order valence-corrected chi connectivity index (χ0v) is 18.6. The lowest BCUT2D eigenvalue weighted by atomic mass is 10.0. The monoisotopic (exact) mass is 451 g/mol. The van der Waals surface area contributed by atoms with Gasteiger partial charge in [0.15, 0.2) is 9.84 Å². The van der Waals surface area contributed by atoms with Gasteiger partial charge in [0, 0.05) is 18.9 Å². The number of thiophene rings is 1. The van der Waals surface area contributed by atoms with Crippen LogP contribution in [0.4, 0.5) is 5.00 Å². The van der Waals surface area contributed by atoms with Crippen molar-refractivity contribution in [1.29, 1.82) is 0 Å². The maximum Gasteiger partial charge on any atom is 0.216 e. The molecule has 154 valence electrons. The van der Waals surface area contributed by atoms with Gasteiger partial charge in [0.05, 0.1) is 21.4 Å². The molecule has 0 bridgehead atoms. The smallest absolute Gasteiger partial charge is 0.216 e. The molecule has 3 aromatic rings. The van der Waals surface area contributed by atoms with Gasteiger partial charge >= 0.3 is 0 Å². The van der Waals surface area contributed by atoms with E-state index in [1.54, 1.807) is 37.4 Å². The van der Waals surface area contributed by atoms with Gasteiger partial charge in [-0.1, -0.05) is 18.2 Å². The summed E-state index contributed by atoms with van der Waals surface area (Å²) in [5, 5.41) is 3.61. The van der Waals surface area contributed by atoms with Gasteiger partial charge < -0.3 is 10.1 Å².